The number of amides is 1. The van der Waals surface area contributed by atoms with Gasteiger partial charge in [-0.1, -0.05) is 0 Å². The van der Waals surface area contributed by atoms with Crippen LogP contribution in [0, 0.1) is 5.41 Å². The summed E-state index contributed by atoms with van der Waals surface area (Å²) in [6.45, 7) is 1.34. The van der Waals surface area contributed by atoms with E-state index in [0.717, 1.165) is 0 Å². The Hall–Kier alpha value is -1.06. The fraction of sp³-hybridized carbons (Fsp3) is 0.333. The summed E-state index contributed by atoms with van der Waals surface area (Å²) in [4.78, 5) is 9.91. The first-order chi connectivity index (χ1) is 3.27. The molecule has 7 heavy (non-hydrogen) atoms. The Kier molecular flexibility index (Phi) is 2.67. The van der Waals surface area contributed by atoms with Crippen LogP contribution < -0.4 is 10.9 Å². The van der Waals surface area contributed by atoms with E-state index in [-0.39, 0.29) is 5.91 Å². The second-order valence-corrected chi connectivity index (χ2v) is 0.931. The average molecular weight is 100 g/mol. The van der Waals surface area contributed by atoms with Crippen molar-refractivity contribution in [2.24, 2.45) is 0 Å². The monoisotopic (exact) mass is 100 g/mol. The Morgan fingerprint density at radius 3 is 2.57 bits per heavy atom. The molecule has 0 heterocycles. The third-order valence-corrected chi connectivity index (χ3v) is 0.301. The van der Waals surface area contributed by atoms with Crippen LogP contribution in [0.4, 0.5) is 0 Å². The van der Waals surface area contributed by atoms with Crippen molar-refractivity contribution in [2.75, 3.05) is 0 Å². The van der Waals surface area contributed by atoms with Crippen LogP contribution in [-0.4, -0.2) is 12.2 Å². The van der Waals surface area contributed by atoms with Crippen molar-refractivity contribution >= 4 is 12.2 Å². The van der Waals surface area contributed by atoms with Gasteiger partial charge in [0.25, 0.3) is 0 Å². The van der Waals surface area contributed by atoms with Gasteiger partial charge in [0.05, 0.1) is 0 Å². The number of carbonyl (C=O) groups is 1. The first kappa shape index (κ1) is 5.94. The summed E-state index contributed by atoms with van der Waals surface area (Å²) in [5.74, 6) is -0.236. The van der Waals surface area contributed by atoms with E-state index in [1.807, 2.05) is 0 Å². The molecule has 0 atom stereocenters. The molecule has 0 aliphatic heterocycles. The molecule has 39 valence electrons. The molecule has 0 spiro atoms. The fourth-order valence-electron chi connectivity index (χ4n) is 0.119. The number of hydrogen-bond acceptors (Lipinski definition) is 2. The quantitative estimate of drug-likeness (QED) is 0.182. The third-order valence-electron chi connectivity index (χ3n) is 0.301. The number of carbonyl (C=O) groups excluding carboxylic acids is 1. The van der Waals surface area contributed by atoms with Gasteiger partial charge in [-0.25, -0.2) is 0 Å². The summed E-state index contributed by atoms with van der Waals surface area (Å²) in [5, 5.41) is 6.22. The molecule has 4 nitrogen and oxygen atoms in total. The molecule has 1 amide bonds. The lowest BCUT2D eigenvalue weighted by Crippen LogP contribution is -2.33. The zero-order chi connectivity index (χ0) is 5.70. The maximum atomic E-state index is 9.91. The van der Waals surface area contributed by atoms with Crippen LogP contribution in [0.3, 0.4) is 0 Å². The maximum absolute atomic E-state index is 9.91. The van der Waals surface area contributed by atoms with Gasteiger partial charge in [-0.3, -0.25) is 21.1 Å². The molecule has 0 aromatic rings. The van der Waals surface area contributed by atoms with Crippen molar-refractivity contribution in [1.29, 1.82) is 5.41 Å². The Balaban J connectivity index is 2.97. The van der Waals surface area contributed by atoms with Crippen LogP contribution in [0.2, 0.25) is 0 Å². The Bertz CT molecular complexity index is 80.2. The van der Waals surface area contributed by atoms with E-state index < -0.39 is 0 Å². The summed E-state index contributed by atoms with van der Waals surface area (Å²) in [7, 11) is 0. The number of hydrazine groups is 1. The summed E-state index contributed by atoms with van der Waals surface area (Å²) in [6.07, 6.45) is 1.77. The van der Waals surface area contributed by atoms with Gasteiger partial charge < -0.3 is 0 Å². The van der Waals surface area contributed by atoms with E-state index in [1.54, 1.807) is 6.34 Å². The van der Waals surface area contributed by atoms with Gasteiger partial charge in [-0.05, 0) is 0 Å². The number of nitrogens with one attached hydrogen (secondary N) is 3. The minimum Gasteiger partial charge on any atom is -0.280 e. The normalized spacial score (nSPS) is 7.00. The molecule has 0 aliphatic rings. The van der Waals surface area contributed by atoms with E-state index in [0.29, 0.717) is 0 Å². The molecule has 4 heteroatoms. The zero-order valence-electron chi connectivity index (χ0n) is 3.91. The van der Waals surface area contributed by atoms with Gasteiger partial charge >= 0.3 is 0 Å². The molecular formula is C3H6N3O. The van der Waals surface area contributed by atoms with E-state index in [2.05, 4.69) is 10.9 Å². The molecule has 0 saturated heterocycles. The topological polar surface area (TPSA) is 65.0 Å². The lowest BCUT2D eigenvalue weighted by atomic mass is 10.8. The molecule has 0 bridgehead atoms. The molecule has 0 unspecified atom stereocenters. The minimum atomic E-state index is -0.236. The Morgan fingerprint density at radius 1 is 1.86 bits per heavy atom. The van der Waals surface area contributed by atoms with Crippen LogP contribution in [0.15, 0.2) is 0 Å². The Labute approximate surface area is 41.4 Å². The second-order valence-electron chi connectivity index (χ2n) is 0.931. The van der Waals surface area contributed by atoms with Crippen LogP contribution in [0.1, 0.15) is 6.92 Å². The SMILES string of the molecule is CC(=O)NN[C]=N. The van der Waals surface area contributed by atoms with E-state index >= 15 is 0 Å². The number of hydrogen-bond donors (Lipinski definition) is 3. The highest BCUT2D eigenvalue weighted by atomic mass is 16.2. The smallest absolute Gasteiger partial charge is 0.235 e. The lowest BCUT2D eigenvalue weighted by molar-refractivity contribution is -0.119. The molecule has 0 saturated carbocycles. The van der Waals surface area contributed by atoms with E-state index in [9.17, 15) is 4.79 Å². The number of rotatable bonds is 2. The zero-order valence-corrected chi connectivity index (χ0v) is 3.91. The van der Waals surface area contributed by atoms with Gasteiger partial charge in [-0.2, -0.15) is 0 Å². The molecule has 0 aromatic carbocycles. The summed E-state index contributed by atoms with van der Waals surface area (Å²) in [5.41, 5.74) is 4.17. The van der Waals surface area contributed by atoms with Gasteiger partial charge in [0.15, 0.2) is 6.34 Å². The lowest BCUT2D eigenvalue weighted by Gasteiger charge is -1.93. The molecule has 3 N–H and O–H groups in total. The van der Waals surface area contributed by atoms with Crippen molar-refractivity contribution in [3.05, 3.63) is 0 Å². The van der Waals surface area contributed by atoms with Crippen molar-refractivity contribution in [3.8, 4) is 0 Å². The van der Waals surface area contributed by atoms with E-state index in [1.165, 1.54) is 6.92 Å². The highest BCUT2D eigenvalue weighted by Crippen LogP contribution is 1.47. The largest absolute Gasteiger partial charge is 0.280 e. The molecule has 0 aliphatic carbocycles. The van der Waals surface area contributed by atoms with Crippen molar-refractivity contribution < 1.29 is 4.79 Å². The van der Waals surface area contributed by atoms with E-state index in [4.69, 9.17) is 5.41 Å². The predicted molar refractivity (Wildman–Crippen MR) is 24.7 cm³/mol. The van der Waals surface area contributed by atoms with Crippen LogP contribution in [0.5, 0.6) is 0 Å². The van der Waals surface area contributed by atoms with Crippen LogP contribution >= 0.6 is 0 Å². The van der Waals surface area contributed by atoms with Gasteiger partial charge in [0.2, 0.25) is 5.91 Å². The van der Waals surface area contributed by atoms with Crippen molar-refractivity contribution in [1.82, 2.24) is 10.9 Å². The molecule has 1 radical (unpaired) electrons. The first-order valence-corrected chi connectivity index (χ1v) is 1.70. The maximum Gasteiger partial charge on any atom is 0.235 e. The predicted octanol–water partition coefficient (Wildman–Crippen LogP) is -0.889. The standard InChI is InChI=1S/C3H6N3O/c1-3(7)6-5-2-4/h1H3,(H2,4,5)(H,6,7). The van der Waals surface area contributed by atoms with Crippen molar-refractivity contribution in [2.45, 2.75) is 6.92 Å². The summed E-state index contributed by atoms with van der Waals surface area (Å²) in [6, 6.07) is 0. The second kappa shape index (κ2) is 3.14. The molecule has 0 rings (SSSR count). The average Bonchev–Trinajstić information content (AvgIpc) is 1.61. The van der Waals surface area contributed by atoms with Gasteiger partial charge in [0, 0.05) is 6.92 Å². The van der Waals surface area contributed by atoms with Gasteiger partial charge in [-0.15, -0.1) is 0 Å². The minimum absolute atomic E-state index is 0.236. The van der Waals surface area contributed by atoms with Gasteiger partial charge in [0.1, 0.15) is 0 Å². The highest BCUT2D eigenvalue weighted by Gasteiger charge is 1.80. The fourth-order valence-corrected chi connectivity index (χ4v) is 0.119. The third kappa shape index (κ3) is 4.94. The Morgan fingerprint density at radius 2 is 2.43 bits per heavy atom. The summed E-state index contributed by atoms with van der Waals surface area (Å²) < 4.78 is 0. The molecule has 0 fully saturated rings. The van der Waals surface area contributed by atoms with Crippen molar-refractivity contribution in [3.63, 3.8) is 0 Å². The molecule has 0 aromatic heterocycles. The van der Waals surface area contributed by atoms with Crippen LogP contribution in [0.25, 0.3) is 0 Å². The summed E-state index contributed by atoms with van der Waals surface area (Å²) >= 11 is 0. The van der Waals surface area contributed by atoms with Crippen LogP contribution in [-0.2, 0) is 4.79 Å². The first-order valence-electron chi connectivity index (χ1n) is 1.70. The molecular weight excluding hydrogens is 94.1 g/mol. The highest BCUT2D eigenvalue weighted by molar-refractivity contribution is 5.74.